The molecule has 0 aromatic carbocycles. The van der Waals surface area contributed by atoms with Crippen molar-refractivity contribution in [3.8, 4) is 0 Å². The Balaban J connectivity index is 2.33. The van der Waals surface area contributed by atoms with Gasteiger partial charge in [0.25, 0.3) is 0 Å². The lowest BCUT2D eigenvalue weighted by molar-refractivity contribution is 0.694. The van der Waals surface area contributed by atoms with Gasteiger partial charge in [-0.25, -0.2) is 0 Å². The predicted octanol–water partition coefficient (Wildman–Crippen LogP) is 1.79. The smallest absolute Gasteiger partial charge is 0.0448 e. The minimum absolute atomic E-state index is 0.568. The summed E-state index contributed by atoms with van der Waals surface area (Å²) in [7, 11) is 0. The van der Waals surface area contributed by atoms with Gasteiger partial charge in [0.05, 0.1) is 0 Å². The molecule has 2 N–H and O–H groups in total. The van der Waals surface area contributed by atoms with Crippen molar-refractivity contribution in [1.29, 1.82) is 0 Å². The van der Waals surface area contributed by atoms with Crippen molar-refractivity contribution in [2.24, 2.45) is 5.73 Å². The second-order valence-corrected chi connectivity index (χ2v) is 5.43. The van der Waals surface area contributed by atoms with E-state index >= 15 is 0 Å². The molecule has 1 saturated heterocycles. The topological polar surface area (TPSA) is 42.1 Å². The molecule has 2 heterocycles. The summed E-state index contributed by atoms with van der Waals surface area (Å²) in [5, 5.41) is 0. The molecule has 0 radical (unpaired) electrons. The number of nitrogens with two attached hydrogens (primary N) is 1. The summed E-state index contributed by atoms with van der Waals surface area (Å²) in [6, 6.07) is 2.75. The Hall–Kier alpha value is -0.740. The number of hydrogen-bond donors (Lipinski definition) is 1. The second kappa shape index (κ2) is 5.06. The van der Waals surface area contributed by atoms with Crippen molar-refractivity contribution in [3.63, 3.8) is 0 Å². The quantitative estimate of drug-likeness (QED) is 0.851. The molecule has 16 heavy (non-hydrogen) atoms. The van der Waals surface area contributed by atoms with Crippen LogP contribution in [-0.2, 0) is 6.54 Å². The number of nitrogens with zero attached hydrogens (tertiary/aromatic N) is 2. The van der Waals surface area contributed by atoms with Crippen LogP contribution < -0.4 is 10.6 Å². The monoisotopic (exact) mass is 237 g/mol. The highest BCUT2D eigenvalue weighted by molar-refractivity contribution is 7.99. The van der Waals surface area contributed by atoms with Crippen LogP contribution in [-0.4, -0.2) is 29.1 Å². The Bertz CT molecular complexity index is 367. The number of pyridine rings is 1. The third kappa shape index (κ3) is 2.33. The Kier molecular flexibility index (Phi) is 3.71. The van der Waals surface area contributed by atoms with Crippen molar-refractivity contribution >= 4 is 17.4 Å². The van der Waals surface area contributed by atoms with Gasteiger partial charge in [0.2, 0.25) is 0 Å². The van der Waals surface area contributed by atoms with E-state index in [1.807, 2.05) is 24.9 Å². The molecule has 1 unspecified atom stereocenters. The summed E-state index contributed by atoms with van der Waals surface area (Å²) in [5.74, 6) is 2.40. The number of aromatic nitrogens is 1. The zero-order chi connectivity index (χ0) is 11.5. The standard InChI is InChI=1S/C12H19N3S/c1-9-5-12(11(6-13)7-14-9)15-3-4-16-8-10(15)2/h5,7,10H,3-4,6,8,13H2,1-2H3. The molecule has 1 atom stereocenters. The first-order chi connectivity index (χ1) is 7.72. The van der Waals surface area contributed by atoms with Crippen LogP contribution in [0.1, 0.15) is 18.2 Å². The maximum Gasteiger partial charge on any atom is 0.0448 e. The average molecular weight is 237 g/mol. The van der Waals surface area contributed by atoms with Gasteiger partial charge in [-0.1, -0.05) is 0 Å². The fourth-order valence-electron chi connectivity index (χ4n) is 2.08. The molecule has 0 saturated carbocycles. The van der Waals surface area contributed by atoms with E-state index in [0.29, 0.717) is 12.6 Å². The van der Waals surface area contributed by atoms with Gasteiger partial charge in [0.1, 0.15) is 0 Å². The molecular weight excluding hydrogens is 218 g/mol. The summed E-state index contributed by atoms with van der Waals surface area (Å²) in [4.78, 5) is 6.78. The normalized spacial score (nSPS) is 21.2. The van der Waals surface area contributed by atoms with Gasteiger partial charge in [0, 0.05) is 53.8 Å². The van der Waals surface area contributed by atoms with E-state index in [1.165, 1.54) is 17.2 Å². The van der Waals surface area contributed by atoms with Gasteiger partial charge >= 0.3 is 0 Å². The third-order valence-electron chi connectivity index (χ3n) is 3.00. The average Bonchev–Trinajstić information content (AvgIpc) is 2.29. The first-order valence-electron chi connectivity index (χ1n) is 5.72. The molecule has 1 aliphatic heterocycles. The highest BCUT2D eigenvalue weighted by Gasteiger charge is 2.21. The summed E-state index contributed by atoms with van der Waals surface area (Å²) < 4.78 is 0. The van der Waals surface area contributed by atoms with Gasteiger partial charge in [-0.15, -0.1) is 0 Å². The Morgan fingerprint density at radius 3 is 3.12 bits per heavy atom. The Morgan fingerprint density at radius 1 is 1.62 bits per heavy atom. The number of hydrogen-bond acceptors (Lipinski definition) is 4. The van der Waals surface area contributed by atoms with Crippen LogP contribution in [0.15, 0.2) is 12.3 Å². The molecule has 0 aliphatic carbocycles. The molecule has 1 aromatic heterocycles. The lowest BCUT2D eigenvalue weighted by Gasteiger charge is -2.36. The maximum atomic E-state index is 5.78. The molecule has 88 valence electrons. The first kappa shape index (κ1) is 11.7. The number of rotatable bonds is 2. The highest BCUT2D eigenvalue weighted by atomic mass is 32.2. The molecule has 0 amide bonds. The summed E-state index contributed by atoms with van der Waals surface area (Å²) in [6.45, 7) is 6.00. The SMILES string of the molecule is Cc1cc(N2CCSCC2C)c(CN)cn1. The van der Waals surface area contributed by atoms with E-state index in [-0.39, 0.29) is 0 Å². The zero-order valence-electron chi connectivity index (χ0n) is 9.94. The summed E-state index contributed by atoms with van der Waals surface area (Å²) in [6.07, 6.45) is 1.92. The van der Waals surface area contributed by atoms with Crippen LogP contribution in [0, 0.1) is 6.92 Å². The van der Waals surface area contributed by atoms with Crippen LogP contribution in [0.3, 0.4) is 0 Å². The van der Waals surface area contributed by atoms with E-state index in [1.54, 1.807) is 0 Å². The molecule has 0 spiro atoms. The molecular formula is C12H19N3S. The van der Waals surface area contributed by atoms with Gasteiger partial charge in [0.15, 0.2) is 0 Å². The molecule has 1 aromatic rings. The Morgan fingerprint density at radius 2 is 2.44 bits per heavy atom. The third-order valence-corrected chi connectivity index (χ3v) is 4.18. The molecule has 4 heteroatoms. The van der Waals surface area contributed by atoms with E-state index in [9.17, 15) is 0 Å². The van der Waals surface area contributed by atoms with Crippen molar-refractivity contribution < 1.29 is 0 Å². The van der Waals surface area contributed by atoms with Crippen LogP contribution in [0.5, 0.6) is 0 Å². The van der Waals surface area contributed by atoms with Crippen LogP contribution in [0.25, 0.3) is 0 Å². The highest BCUT2D eigenvalue weighted by Crippen LogP contribution is 2.27. The molecule has 0 bridgehead atoms. The van der Waals surface area contributed by atoms with Crippen molar-refractivity contribution in [2.45, 2.75) is 26.4 Å². The first-order valence-corrected chi connectivity index (χ1v) is 6.88. The van der Waals surface area contributed by atoms with Crippen LogP contribution in [0.2, 0.25) is 0 Å². The van der Waals surface area contributed by atoms with Gasteiger partial charge in [-0.3, -0.25) is 4.98 Å². The van der Waals surface area contributed by atoms with E-state index in [2.05, 4.69) is 22.9 Å². The van der Waals surface area contributed by atoms with Gasteiger partial charge in [-0.2, -0.15) is 11.8 Å². The molecule has 1 aliphatic rings. The van der Waals surface area contributed by atoms with Crippen LogP contribution in [0.4, 0.5) is 5.69 Å². The van der Waals surface area contributed by atoms with Crippen molar-refractivity contribution in [3.05, 3.63) is 23.5 Å². The lowest BCUT2D eigenvalue weighted by atomic mass is 10.1. The van der Waals surface area contributed by atoms with E-state index < -0.39 is 0 Å². The fraction of sp³-hybridized carbons (Fsp3) is 0.583. The zero-order valence-corrected chi connectivity index (χ0v) is 10.8. The van der Waals surface area contributed by atoms with E-state index in [4.69, 9.17) is 5.73 Å². The van der Waals surface area contributed by atoms with Gasteiger partial charge < -0.3 is 10.6 Å². The number of thioether (sulfide) groups is 1. The minimum atomic E-state index is 0.568. The largest absolute Gasteiger partial charge is 0.367 e. The molecule has 3 nitrogen and oxygen atoms in total. The maximum absolute atomic E-state index is 5.78. The van der Waals surface area contributed by atoms with Crippen molar-refractivity contribution in [1.82, 2.24) is 4.98 Å². The minimum Gasteiger partial charge on any atom is -0.367 e. The Labute approximate surface area is 101 Å². The fourth-order valence-corrected chi connectivity index (χ4v) is 3.10. The summed E-state index contributed by atoms with van der Waals surface area (Å²) in [5.41, 5.74) is 9.29. The number of aryl methyl sites for hydroxylation is 1. The lowest BCUT2D eigenvalue weighted by Crippen LogP contribution is -2.41. The molecule has 1 fully saturated rings. The summed E-state index contributed by atoms with van der Waals surface area (Å²) >= 11 is 2.03. The van der Waals surface area contributed by atoms with Gasteiger partial charge in [-0.05, 0) is 19.9 Å². The molecule has 2 rings (SSSR count). The second-order valence-electron chi connectivity index (χ2n) is 4.28. The van der Waals surface area contributed by atoms with Crippen LogP contribution >= 0.6 is 11.8 Å². The van der Waals surface area contributed by atoms with E-state index in [0.717, 1.165) is 17.8 Å². The van der Waals surface area contributed by atoms with Crippen molar-refractivity contribution in [2.75, 3.05) is 23.0 Å². The number of anilines is 1. The predicted molar refractivity (Wildman–Crippen MR) is 71.0 cm³/mol.